The van der Waals surface area contributed by atoms with Gasteiger partial charge in [-0.3, -0.25) is 14.9 Å². The number of amides is 1. The lowest BCUT2D eigenvalue weighted by Crippen LogP contribution is -2.13. The molecule has 1 aromatic heterocycles. The average molecular weight is 354 g/mol. The van der Waals surface area contributed by atoms with Crippen LogP contribution in [0.3, 0.4) is 0 Å². The molecule has 0 atom stereocenters. The molecule has 126 valence electrons. The number of hydrogen-bond donors (Lipinski definition) is 1. The predicted octanol–water partition coefficient (Wildman–Crippen LogP) is 4.49. The molecule has 0 bridgehead atoms. The largest absolute Gasteiger partial charge is 0.488 e. The van der Waals surface area contributed by atoms with Crippen LogP contribution in [0.2, 0.25) is 0 Å². The van der Waals surface area contributed by atoms with Crippen LogP contribution in [0.15, 0.2) is 66.0 Å². The second-order valence-corrected chi connectivity index (χ2v) is 6.04. The molecule has 2 aromatic carbocycles. The van der Waals surface area contributed by atoms with Crippen LogP contribution in [0.5, 0.6) is 5.75 Å². The Bertz CT molecular complexity index is 893. The first kappa shape index (κ1) is 16.7. The molecule has 6 nitrogen and oxygen atoms in total. The highest BCUT2D eigenvalue weighted by molar-refractivity contribution is 7.13. The normalized spacial score (nSPS) is 10.2. The minimum atomic E-state index is -0.435. The maximum Gasteiger partial charge on any atom is 0.324 e. The zero-order valence-electron chi connectivity index (χ0n) is 13.0. The summed E-state index contributed by atoms with van der Waals surface area (Å²) in [7, 11) is 0. The van der Waals surface area contributed by atoms with Crippen molar-refractivity contribution in [1.29, 1.82) is 0 Å². The fraction of sp³-hybridized carbons (Fsp3) is 0.0556. The molecule has 1 amide bonds. The number of nitrogens with one attached hydrogen (secondary N) is 1. The van der Waals surface area contributed by atoms with Crippen molar-refractivity contribution in [3.05, 3.63) is 87.3 Å². The lowest BCUT2D eigenvalue weighted by atomic mass is 10.2. The molecule has 0 radical (unpaired) electrons. The topological polar surface area (TPSA) is 81.5 Å². The molecular formula is C18H14N2O4S. The molecule has 0 aliphatic heterocycles. The summed E-state index contributed by atoms with van der Waals surface area (Å²) in [4.78, 5) is 22.8. The van der Waals surface area contributed by atoms with Gasteiger partial charge in [-0.2, -0.15) is 0 Å². The van der Waals surface area contributed by atoms with Crippen LogP contribution in [-0.4, -0.2) is 10.8 Å². The molecule has 0 saturated heterocycles. The van der Waals surface area contributed by atoms with Gasteiger partial charge in [-0.25, -0.2) is 0 Å². The maximum atomic E-state index is 12.5. The van der Waals surface area contributed by atoms with E-state index in [-0.39, 0.29) is 17.5 Å². The third-order valence-corrected chi connectivity index (χ3v) is 4.31. The van der Waals surface area contributed by atoms with E-state index in [1.54, 1.807) is 41.8 Å². The first-order valence-electron chi connectivity index (χ1n) is 7.43. The molecule has 3 aromatic rings. The van der Waals surface area contributed by atoms with E-state index in [9.17, 15) is 14.9 Å². The first-order chi connectivity index (χ1) is 12.1. The van der Waals surface area contributed by atoms with Gasteiger partial charge in [0.25, 0.3) is 5.91 Å². The van der Waals surface area contributed by atoms with Gasteiger partial charge in [0.2, 0.25) is 0 Å². The fourth-order valence-corrected chi connectivity index (χ4v) is 2.91. The van der Waals surface area contributed by atoms with E-state index in [0.717, 1.165) is 11.3 Å². The van der Waals surface area contributed by atoms with Gasteiger partial charge in [-0.15, -0.1) is 0 Å². The van der Waals surface area contributed by atoms with Crippen LogP contribution in [0.4, 0.5) is 10.7 Å². The summed E-state index contributed by atoms with van der Waals surface area (Å²) in [6.07, 6.45) is 0. The zero-order valence-corrected chi connectivity index (χ0v) is 13.9. The second kappa shape index (κ2) is 7.59. The number of ether oxygens (including phenoxy) is 1. The standard InChI is InChI=1S/C18H14N2O4S/c21-18(19-14-6-2-1-3-7-14)15-8-4-5-9-16(15)24-11-13-10-17(20(22)23)25-12-13/h1-10,12H,11H2,(H,19,21). The predicted molar refractivity (Wildman–Crippen MR) is 96.1 cm³/mol. The van der Waals surface area contributed by atoms with Crippen molar-refractivity contribution in [3.8, 4) is 5.75 Å². The van der Waals surface area contributed by atoms with Gasteiger partial charge in [-0.05, 0) is 24.3 Å². The number of para-hydroxylation sites is 2. The van der Waals surface area contributed by atoms with Crippen molar-refractivity contribution in [2.75, 3.05) is 5.32 Å². The summed E-state index contributed by atoms with van der Waals surface area (Å²) in [6.45, 7) is 0.153. The van der Waals surface area contributed by atoms with Gasteiger partial charge in [0.1, 0.15) is 12.4 Å². The Kier molecular flexibility index (Phi) is 5.06. The van der Waals surface area contributed by atoms with E-state index in [1.165, 1.54) is 6.07 Å². The third kappa shape index (κ3) is 4.21. The monoisotopic (exact) mass is 354 g/mol. The number of anilines is 1. The minimum Gasteiger partial charge on any atom is -0.488 e. The van der Waals surface area contributed by atoms with Crippen molar-refractivity contribution in [1.82, 2.24) is 0 Å². The molecule has 0 aliphatic carbocycles. The van der Waals surface area contributed by atoms with E-state index in [0.29, 0.717) is 22.6 Å². The van der Waals surface area contributed by atoms with Crippen molar-refractivity contribution >= 4 is 27.9 Å². The third-order valence-electron chi connectivity index (χ3n) is 3.38. The second-order valence-electron chi connectivity index (χ2n) is 5.16. The molecule has 0 saturated carbocycles. The molecular weight excluding hydrogens is 340 g/mol. The van der Waals surface area contributed by atoms with E-state index < -0.39 is 4.92 Å². The van der Waals surface area contributed by atoms with Crippen LogP contribution in [0.25, 0.3) is 0 Å². The minimum absolute atomic E-state index is 0.0636. The quantitative estimate of drug-likeness (QED) is 0.522. The lowest BCUT2D eigenvalue weighted by Gasteiger charge is -2.11. The van der Waals surface area contributed by atoms with Gasteiger partial charge in [0.05, 0.1) is 10.5 Å². The molecule has 1 N–H and O–H groups in total. The number of hydrogen-bond acceptors (Lipinski definition) is 5. The molecule has 0 aliphatic rings. The van der Waals surface area contributed by atoms with Crippen LogP contribution >= 0.6 is 11.3 Å². The summed E-state index contributed by atoms with van der Waals surface area (Å²) in [5.74, 6) is 0.142. The van der Waals surface area contributed by atoms with Gasteiger partial charge < -0.3 is 10.1 Å². The number of carbonyl (C=O) groups is 1. The molecule has 0 fully saturated rings. The van der Waals surface area contributed by atoms with Crippen molar-refractivity contribution in [3.63, 3.8) is 0 Å². The van der Waals surface area contributed by atoms with E-state index in [1.807, 2.05) is 18.2 Å². The van der Waals surface area contributed by atoms with Crippen LogP contribution in [-0.2, 0) is 6.61 Å². The number of benzene rings is 2. The van der Waals surface area contributed by atoms with Crippen LogP contribution in [0, 0.1) is 10.1 Å². The Morgan fingerprint density at radius 2 is 1.84 bits per heavy atom. The molecule has 7 heteroatoms. The highest BCUT2D eigenvalue weighted by Crippen LogP contribution is 2.25. The van der Waals surface area contributed by atoms with E-state index >= 15 is 0 Å². The number of carbonyl (C=O) groups excluding carboxylic acids is 1. The van der Waals surface area contributed by atoms with Gasteiger partial charge in [0.15, 0.2) is 0 Å². The van der Waals surface area contributed by atoms with Crippen molar-refractivity contribution < 1.29 is 14.5 Å². The van der Waals surface area contributed by atoms with Crippen molar-refractivity contribution in [2.24, 2.45) is 0 Å². The average Bonchev–Trinajstić information content (AvgIpc) is 3.10. The molecule has 0 spiro atoms. The Morgan fingerprint density at radius 1 is 1.12 bits per heavy atom. The number of nitro groups is 1. The van der Waals surface area contributed by atoms with Gasteiger partial charge >= 0.3 is 5.00 Å². The lowest BCUT2D eigenvalue weighted by molar-refractivity contribution is -0.380. The van der Waals surface area contributed by atoms with Gasteiger partial charge in [0, 0.05) is 22.7 Å². The molecule has 3 rings (SSSR count). The Morgan fingerprint density at radius 3 is 2.56 bits per heavy atom. The Labute approximate surface area is 147 Å². The Hall–Kier alpha value is -3.19. The summed E-state index contributed by atoms with van der Waals surface area (Å²) in [6, 6.07) is 17.5. The number of thiophene rings is 1. The first-order valence-corrected chi connectivity index (χ1v) is 8.31. The van der Waals surface area contributed by atoms with Gasteiger partial charge in [-0.1, -0.05) is 41.7 Å². The smallest absolute Gasteiger partial charge is 0.324 e. The number of rotatable bonds is 6. The molecule has 25 heavy (non-hydrogen) atoms. The van der Waals surface area contributed by atoms with E-state index in [2.05, 4.69) is 5.32 Å². The number of nitrogens with zero attached hydrogens (tertiary/aromatic N) is 1. The zero-order chi connectivity index (χ0) is 17.6. The summed E-state index contributed by atoms with van der Waals surface area (Å²) in [5, 5.41) is 15.3. The summed E-state index contributed by atoms with van der Waals surface area (Å²) < 4.78 is 5.70. The molecule has 0 unspecified atom stereocenters. The highest BCUT2D eigenvalue weighted by atomic mass is 32.1. The Balaban J connectivity index is 1.71. The SMILES string of the molecule is O=C(Nc1ccccc1)c1ccccc1OCc1csc([N+](=O)[O-])c1. The highest BCUT2D eigenvalue weighted by Gasteiger charge is 2.14. The fourth-order valence-electron chi connectivity index (χ4n) is 2.20. The maximum absolute atomic E-state index is 12.5. The summed E-state index contributed by atoms with van der Waals surface area (Å²) >= 11 is 1.05. The van der Waals surface area contributed by atoms with Crippen molar-refractivity contribution in [2.45, 2.75) is 6.61 Å². The summed E-state index contributed by atoms with van der Waals surface area (Å²) in [5.41, 5.74) is 1.78. The molecule has 1 heterocycles. The van der Waals surface area contributed by atoms with Crippen LogP contribution in [0.1, 0.15) is 15.9 Å². The van der Waals surface area contributed by atoms with Crippen LogP contribution < -0.4 is 10.1 Å². The van der Waals surface area contributed by atoms with E-state index in [4.69, 9.17) is 4.74 Å².